The van der Waals surface area contributed by atoms with Crippen molar-refractivity contribution in [2.45, 2.75) is 13.0 Å². The number of anilines is 1. The van der Waals surface area contributed by atoms with Crippen molar-refractivity contribution in [3.05, 3.63) is 70.8 Å². The number of rotatable bonds is 6. The summed E-state index contributed by atoms with van der Waals surface area (Å²) < 4.78 is 1.40. The van der Waals surface area contributed by atoms with Crippen LogP contribution >= 0.6 is 0 Å². The van der Waals surface area contributed by atoms with Crippen molar-refractivity contribution in [1.29, 1.82) is 0 Å². The number of fused-ring (bicyclic) bond motifs is 1. The smallest absolute Gasteiger partial charge is 0.261 e. The summed E-state index contributed by atoms with van der Waals surface area (Å²) in [7, 11) is 0. The van der Waals surface area contributed by atoms with E-state index in [1.165, 1.54) is 10.9 Å². The third-order valence-corrected chi connectivity index (χ3v) is 4.11. The average Bonchev–Trinajstić information content (AvgIpc) is 2.72. The molecular formula is C21H18N4O3. The van der Waals surface area contributed by atoms with Crippen molar-refractivity contribution in [1.82, 2.24) is 14.9 Å². The van der Waals surface area contributed by atoms with Crippen molar-refractivity contribution in [2.24, 2.45) is 0 Å². The molecule has 3 rings (SSSR count). The second kappa shape index (κ2) is 8.64. The van der Waals surface area contributed by atoms with E-state index in [0.29, 0.717) is 22.2 Å². The van der Waals surface area contributed by atoms with Gasteiger partial charge in [0.1, 0.15) is 0 Å². The van der Waals surface area contributed by atoms with Crippen LogP contribution in [0.15, 0.2) is 59.7 Å². The van der Waals surface area contributed by atoms with Crippen molar-refractivity contribution in [2.75, 3.05) is 11.9 Å². The third kappa shape index (κ3) is 4.24. The molecule has 2 amide bonds. The summed E-state index contributed by atoms with van der Waals surface area (Å²) in [5.74, 6) is 1.63. The highest BCUT2D eigenvalue weighted by molar-refractivity contribution is 6.03. The summed E-state index contributed by atoms with van der Waals surface area (Å²) >= 11 is 0. The van der Waals surface area contributed by atoms with E-state index in [2.05, 4.69) is 21.5 Å². The van der Waals surface area contributed by atoms with Crippen molar-refractivity contribution >= 4 is 28.4 Å². The van der Waals surface area contributed by atoms with Crippen molar-refractivity contribution < 1.29 is 9.59 Å². The van der Waals surface area contributed by atoms with E-state index in [-0.39, 0.29) is 36.9 Å². The molecule has 7 heteroatoms. The Morgan fingerprint density at radius 2 is 1.86 bits per heavy atom. The minimum Gasteiger partial charge on any atom is -0.341 e. The van der Waals surface area contributed by atoms with Crippen molar-refractivity contribution in [3.63, 3.8) is 0 Å². The van der Waals surface area contributed by atoms with Crippen LogP contribution < -0.4 is 16.2 Å². The number of amides is 2. The van der Waals surface area contributed by atoms with Crippen LogP contribution in [0.2, 0.25) is 0 Å². The molecule has 0 aliphatic heterocycles. The fourth-order valence-electron chi connectivity index (χ4n) is 2.72. The van der Waals surface area contributed by atoms with E-state index in [1.807, 2.05) is 6.07 Å². The van der Waals surface area contributed by atoms with Gasteiger partial charge in [-0.2, -0.15) is 0 Å². The largest absolute Gasteiger partial charge is 0.341 e. The molecule has 0 atom stereocenters. The summed E-state index contributed by atoms with van der Waals surface area (Å²) in [6.45, 7) is 0.271. The number of para-hydroxylation sites is 2. The van der Waals surface area contributed by atoms with Gasteiger partial charge in [-0.3, -0.25) is 19.0 Å². The van der Waals surface area contributed by atoms with Gasteiger partial charge in [0.2, 0.25) is 5.91 Å². The van der Waals surface area contributed by atoms with Gasteiger partial charge in [-0.1, -0.05) is 30.2 Å². The first-order chi connectivity index (χ1) is 13.6. The Hall–Kier alpha value is -3.92. The summed E-state index contributed by atoms with van der Waals surface area (Å²) in [6, 6.07) is 13.7. The second-order valence-corrected chi connectivity index (χ2v) is 5.99. The van der Waals surface area contributed by atoms with Gasteiger partial charge in [0.05, 0.1) is 35.0 Å². The molecule has 3 aromatic rings. The molecule has 1 aromatic heterocycles. The number of aromatic nitrogens is 2. The zero-order chi connectivity index (χ0) is 19.9. The fourth-order valence-corrected chi connectivity index (χ4v) is 2.72. The van der Waals surface area contributed by atoms with Gasteiger partial charge >= 0.3 is 0 Å². The van der Waals surface area contributed by atoms with Crippen molar-refractivity contribution in [3.8, 4) is 12.3 Å². The van der Waals surface area contributed by atoms with Gasteiger partial charge in [-0.05, 0) is 24.3 Å². The Balaban J connectivity index is 1.69. The number of benzene rings is 2. The van der Waals surface area contributed by atoms with Crippen LogP contribution in [0.4, 0.5) is 5.69 Å². The molecule has 2 N–H and O–H groups in total. The van der Waals surface area contributed by atoms with E-state index in [4.69, 9.17) is 6.42 Å². The normalized spacial score (nSPS) is 10.2. The van der Waals surface area contributed by atoms with Gasteiger partial charge in [-0.25, -0.2) is 4.98 Å². The highest BCUT2D eigenvalue weighted by atomic mass is 16.2. The van der Waals surface area contributed by atoms with E-state index < -0.39 is 0 Å². The highest BCUT2D eigenvalue weighted by Gasteiger charge is 2.13. The number of hydrogen-bond donors (Lipinski definition) is 2. The monoisotopic (exact) mass is 374 g/mol. The molecule has 140 valence electrons. The Morgan fingerprint density at radius 1 is 1.11 bits per heavy atom. The van der Waals surface area contributed by atoms with Crippen LogP contribution in [0.3, 0.4) is 0 Å². The average molecular weight is 374 g/mol. The number of terminal acetylenes is 1. The van der Waals surface area contributed by atoms with E-state index >= 15 is 0 Å². The Bertz CT molecular complexity index is 1130. The molecule has 0 bridgehead atoms. The molecule has 0 saturated heterocycles. The molecule has 28 heavy (non-hydrogen) atoms. The Kier molecular flexibility index (Phi) is 5.82. The Labute approximate surface area is 161 Å². The third-order valence-electron chi connectivity index (χ3n) is 4.11. The van der Waals surface area contributed by atoms with Gasteiger partial charge < -0.3 is 10.6 Å². The van der Waals surface area contributed by atoms with Gasteiger partial charge in [0.25, 0.3) is 11.5 Å². The Morgan fingerprint density at radius 3 is 2.68 bits per heavy atom. The van der Waals surface area contributed by atoms with Crippen LogP contribution in [-0.4, -0.2) is 27.9 Å². The second-order valence-electron chi connectivity index (χ2n) is 5.99. The van der Waals surface area contributed by atoms with Gasteiger partial charge in [0, 0.05) is 13.0 Å². The molecule has 0 spiro atoms. The number of carbonyl (C=O) groups excluding carboxylic acids is 2. The zero-order valence-corrected chi connectivity index (χ0v) is 15.0. The lowest BCUT2D eigenvalue weighted by atomic mass is 10.1. The topological polar surface area (TPSA) is 93.1 Å². The quantitative estimate of drug-likeness (QED) is 0.644. The molecule has 0 aliphatic rings. The maximum absolute atomic E-state index is 12.5. The minimum atomic E-state index is -0.371. The first-order valence-corrected chi connectivity index (χ1v) is 8.65. The molecule has 7 nitrogen and oxygen atoms in total. The standard InChI is InChI=1S/C21H18N4O3/c1-2-12-22-20(27)15-7-3-6-10-18(15)24-19(26)11-13-25-14-23-17-9-5-4-8-16(17)21(25)28/h1,3-10,14H,11-13H2,(H,22,27)(H,24,26). The summed E-state index contributed by atoms with van der Waals surface area (Å²) in [4.78, 5) is 41.2. The lowest BCUT2D eigenvalue weighted by Crippen LogP contribution is -2.26. The molecule has 0 fully saturated rings. The van der Waals surface area contributed by atoms with Crippen LogP contribution in [0.25, 0.3) is 10.9 Å². The molecule has 0 unspecified atom stereocenters. The lowest BCUT2D eigenvalue weighted by Gasteiger charge is -2.11. The van der Waals surface area contributed by atoms with Gasteiger partial charge in [-0.15, -0.1) is 6.42 Å². The first kappa shape index (κ1) is 18.9. The van der Waals surface area contributed by atoms with Crippen LogP contribution in [0.5, 0.6) is 0 Å². The number of aryl methyl sites for hydroxylation is 1. The SMILES string of the molecule is C#CCNC(=O)c1ccccc1NC(=O)CCn1cnc2ccccc2c1=O. The van der Waals surface area contributed by atoms with E-state index in [9.17, 15) is 14.4 Å². The zero-order valence-electron chi connectivity index (χ0n) is 15.0. The van der Waals surface area contributed by atoms with E-state index in [1.54, 1.807) is 42.5 Å². The summed E-state index contributed by atoms with van der Waals surface area (Å²) in [6.07, 6.45) is 6.63. The maximum atomic E-state index is 12.5. The molecule has 1 heterocycles. The lowest BCUT2D eigenvalue weighted by molar-refractivity contribution is -0.116. The number of nitrogens with zero attached hydrogens (tertiary/aromatic N) is 2. The molecule has 2 aromatic carbocycles. The van der Waals surface area contributed by atoms with Crippen LogP contribution in [-0.2, 0) is 11.3 Å². The van der Waals surface area contributed by atoms with Crippen LogP contribution in [0, 0.1) is 12.3 Å². The molecule has 0 radical (unpaired) electrons. The molecular weight excluding hydrogens is 356 g/mol. The summed E-state index contributed by atoms with van der Waals surface area (Å²) in [5, 5.41) is 5.77. The van der Waals surface area contributed by atoms with Gasteiger partial charge in [0.15, 0.2) is 0 Å². The van der Waals surface area contributed by atoms with E-state index in [0.717, 1.165) is 0 Å². The molecule has 0 saturated carbocycles. The summed E-state index contributed by atoms with van der Waals surface area (Å²) in [5.41, 5.74) is 1.11. The maximum Gasteiger partial charge on any atom is 0.261 e. The molecule has 0 aliphatic carbocycles. The first-order valence-electron chi connectivity index (χ1n) is 8.65. The fraction of sp³-hybridized carbons (Fsp3) is 0.143. The number of nitrogens with one attached hydrogen (secondary N) is 2. The predicted molar refractivity (Wildman–Crippen MR) is 107 cm³/mol. The minimum absolute atomic E-state index is 0.0558. The number of hydrogen-bond acceptors (Lipinski definition) is 4. The van der Waals surface area contributed by atoms with Crippen LogP contribution in [0.1, 0.15) is 16.8 Å². The highest BCUT2D eigenvalue weighted by Crippen LogP contribution is 2.15. The number of carbonyl (C=O) groups is 2. The predicted octanol–water partition coefficient (Wildman–Crippen LogP) is 1.79.